The predicted octanol–water partition coefficient (Wildman–Crippen LogP) is 3.02. The number of aliphatic carboxylic acids is 2. The molecular weight excluding hydrogens is 434 g/mol. The Balaban J connectivity index is 2.32. The number of carboxylic acid groups (broad SMARTS) is 2. The molecule has 2 rings (SSSR count). The summed E-state index contributed by atoms with van der Waals surface area (Å²) in [5, 5.41) is 21.1. The van der Waals surface area contributed by atoms with Crippen LogP contribution >= 0.6 is 0 Å². The summed E-state index contributed by atoms with van der Waals surface area (Å²) in [6, 6.07) is 7.64. The Kier molecular flexibility index (Phi) is 8.67. The molecule has 1 atom stereocenters. The van der Waals surface area contributed by atoms with Crippen LogP contribution in [0, 0.1) is 0 Å². The van der Waals surface area contributed by atoms with Crippen molar-refractivity contribution < 1.29 is 43.5 Å². The summed E-state index contributed by atoms with van der Waals surface area (Å²) >= 11 is 0. The number of hydrogen-bond acceptors (Lipinski definition) is 7. The first-order valence-electron chi connectivity index (χ1n) is 9.65. The van der Waals surface area contributed by atoms with E-state index in [1.54, 1.807) is 12.1 Å². The number of benzene rings is 2. The van der Waals surface area contributed by atoms with Gasteiger partial charge in [0.25, 0.3) is 0 Å². The summed E-state index contributed by atoms with van der Waals surface area (Å²) in [7, 11) is 5.79. The zero-order valence-electron chi connectivity index (χ0n) is 18.6. The number of hydrogen-bond donors (Lipinski definition) is 3. The highest BCUT2D eigenvalue weighted by molar-refractivity contribution is 6.02. The number of methoxy groups -OCH3 is 4. The fourth-order valence-corrected chi connectivity index (χ4v) is 3.13. The van der Waals surface area contributed by atoms with Crippen LogP contribution in [0.3, 0.4) is 0 Å². The second-order valence-corrected chi connectivity index (χ2v) is 6.71. The van der Waals surface area contributed by atoms with Gasteiger partial charge in [-0.25, -0.2) is 0 Å². The fraction of sp³-hybridized carbons (Fsp3) is 0.261. The van der Waals surface area contributed by atoms with Gasteiger partial charge in [0, 0.05) is 29.5 Å². The normalized spacial score (nSPS) is 11.5. The van der Waals surface area contributed by atoms with Crippen LogP contribution in [0.5, 0.6) is 23.0 Å². The number of amides is 1. The van der Waals surface area contributed by atoms with Crippen molar-refractivity contribution in [1.82, 2.24) is 0 Å². The molecule has 0 fully saturated rings. The van der Waals surface area contributed by atoms with Crippen molar-refractivity contribution in [2.75, 3.05) is 33.8 Å². The van der Waals surface area contributed by atoms with Gasteiger partial charge in [-0.15, -0.1) is 0 Å². The molecule has 0 spiro atoms. The zero-order valence-corrected chi connectivity index (χ0v) is 18.6. The molecule has 1 amide bonds. The molecule has 0 saturated heterocycles. The van der Waals surface area contributed by atoms with Crippen molar-refractivity contribution in [3.63, 3.8) is 0 Å². The molecule has 176 valence electrons. The molecule has 0 aliphatic heterocycles. The lowest BCUT2D eigenvalue weighted by Gasteiger charge is -2.16. The van der Waals surface area contributed by atoms with Gasteiger partial charge in [0.1, 0.15) is 23.0 Å². The monoisotopic (exact) mass is 459 g/mol. The Morgan fingerprint density at radius 3 is 2.00 bits per heavy atom. The molecule has 0 bridgehead atoms. The lowest BCUT2D eigenvalue weighted by molar-refractivity contribution is -0.145. The molecule has 0 heterocycles. The molecule has 33 heavy (non-hydrogen) atoms. The maximum absolute atomic E-state index is 12.5. The van der Waals surface area contributed by atoms with Crippen LogP contribution in [0.1, 0.15) is 23.5 Å². The van der Waals surface area contributed by atoms with Crippen molar-refractivity contribution in [1.29, 1.82) is 0 Å². The first-order chi connectivity index (χ1) is 15.7. The van der Waals surface area contributed by atoms with E-state index in [2.05, 4.69) is 5.32 Å². The topological polar surface area (TPSA) is 141 Å². The van der Waals surface area contributed by atoms with Gasteiger partial charge in [0.05, 0.1) is 46.3 Å². The van der Waals surface area contributed by atoms with Gasteiger partial charge in [-0.1, -0.05) is 0 Å². The minimum atomic E-state index is -1.35. The zero-order chi connectivity index (χ0) is 24.5. The highest BCUT2D eigenvalue weighted by atomic mass is 16.5. The Morgan fingerprint density at radius 2 is 1.52 bits per heavy atom. The van der Waals surface area contributed by atoms with Crippen molar-refractivity contribution in [3.8, 4) is 23.0 Å². The maximum Gasteiger partial charge on any atom is 0.311 e. The fourth-order valence-electron chi connectivity index (χ4n) is 3.13. The van der Waals surface area contributed by atoms with Crippen LogP contribution in [0.15, 0.2) is 36.4 Å². The molecule has 3 N–H and O–H groups in total. The quantitative estimate of drug-likeness (QED) is 0.432. The average Bonchev–Trinajstić information content (AvgIpc) is 2.80. The van der Waals surface area contributed by atoms with E-state index < -0.39 is 30.2 Å². The summed E-state index contributed by atoms with van der Waals surface area (Å²) in [5.41, 5.74) is 0.914. The minimum absolute atomic E-state index is 0.132. The number of ether oxygens (including phenoxy) is 4. The van der Waals surface area contributed by atoms with E-state index in [0.717, 1.165) is 0 Å². The predicted molar refractivity (Wildman–Crippen MR) is 119 cm³/mol. The Morgan fingerprint density at radius 1 is 0.909 bits per heavy atom. The van der Waals surface area contributed by atoms with E-state index in [1.165, 1.54) is 58.8 Å². The third-order valence-corrected chi connectivity index (χ3v) is 4.70. The third kappa shape index (κ3) is 6.39. The summed E-state index contributed by atoms with van der Waals surface area (Å²) in [6.45, 7) is 0. The van der Waals surface area contributed by atoms with E-state index in [4.69, 9.17) is 24.1 Å². The molecule has 1 unspecified atom stereocenters. The SMILES string of the molecule is COc1cc(OC)c(C=CC(=O)Nc2ccc(OC)c(C(CC(=O)O)C(=O)O)c2)c(OC)c1. The molecular formula is C23H25NO9. The summed E-state index contributed by atoms with van der Waals surface area (Å²) in [6.07, 6.45) is 2.12. The van der Waals surface area contributed by atoms with Crippen molar-refractivity contribution in [2.45, 2.75) is 12.3 Å². The molecule has 10 heteroatoms. The number of carbonyl (C=O) groups excluding carboxylic acids is 1. The Hall–Kier alpha value is -4.21. The standard InChI is InChI=1S/C23H25NO9/c1-30-14-10-19(32-3)15(20(11-14)33-4)6-8-21(25)24-13-5-7-18(31-2)16(9-13)17(23(28)29)12-22(26)27/h5-11,17H,12H2,1-4H3,(H,24,25)(H,26,27)(H,28,29). The van der Waals surface area contributed by atoms with Crippen LogP contribution in [0.25, 0.3) is 6.08 Å². The van der Waals surface area contributed by atoms with Gasteiger partial charge in [0.15, 0.2) is 0 Å². The molecule has 2 aromatic carbocycles. The average molecular weight is 459 g/mol. The Bertz CT molecular complexity index is 1040. The highest BCUT2D eigenvalue weighted by Gasteiger charge is 2.26. The van der Waals surface area contributed by atoms with Gasteiger partial charge in [-0.05, 0) is 24.3 Å². The maximum atomic E-state index is 12.5. The minimum Gasteiger partial charge on any atom is -0.496 e. The number of anilines is 1. The first kappa shape index (κ1) is 25.1. The van der Waals surface area contributed by atoms with Crippen LogP contribution in [0.4, 0.5) is 5.69 Å². The van der Waals surface area contributed by atoms with Crippen molar-refractivity contribution in [3.05, 3.63) is 47.5 Å². The van der Waals surface area contributed by atoms with E-state index >= 15 is 0 Å². The van der Waals surface area contributed by atoms with Crippen LogP contribution in [-0.2, 0) is 14.4 Å². The van der Waals surface area contributed by atoms with Crippen LogP contribution in [-0.4, -0.2) is 56.5 Å². The smallest absolute Gasteiger partial charge is 0.311 e. The number of rotatable bonds is 11. The number of carboxylic acids is 2. The first-order valence-corrected chi connectivity index (χ1v) is 9.65. The van der Waals surface area contributed by atoms with E-state index in [1.807, 2.05) is 0 Å². The van der Waals surface area contributed by atoms with Gasteiger partial charge < -0.3 is 34.5 Å². The van der Waals surface area contributed by atoms with Crippen molar-refractivity contribution >= 4 is 29.6 Å². The molecule has 0 aliphatic carbocycles. The molecule has 10 nitrogen and oxygen atoms in total. The third-order valence-electron chi connectivity index (χ3n) is 4.70. The van der Waals surface area contributed by atoms with E-state index in [9.17, 15) is 19.5 Å². The molecule has 0 radical (unpaired) electrons. The second kappa shape index (κ2) is 11.4. The van der Waals surface area contributed by atoms with Gasteiger partial charge in [-0.3, -0.25) is 14.4 Å². The van der Waals surface area contributed by atoms with Gasteiger partial charge >= 0.3 is 11.9 Å². The largest absolute Gasteiger partial charge is 0.496 e. The molecule has 0 saturated carbocycles. The molecule has 0 aliphatic rings. The molecule has 0 aromatic heterocycles. The number of nitrogens with one attached hydrogen (secondary N) is 1. The summed E-state index contributed by atoms with van der Waals surface area (Å²) in [4.78, 5) is 35.2. The van der Waals surface area contributed by atoms with Gasteiger partial charge in [-0.2, -0.15) is 0 Å². The number of carbonyl (C=O) groups is 3. The summed E-state index contributed by atoms with van der Waals surface area (Å²) < 4.78 is 21.1. The van der Waals surface area contributed by atoms with Crippen molar-refractivity contribution in [2.24, 2.45) is 0 Å². The van der Waals surface area contributed by atoms with E-state index in [0.29, 0.717) is 22.8 Å². The Labute approximate surface area is 190 Å². The van der Waals surface area contributed by atoms with Crippen LogP contribution in [0.2, 0.25) is 0 Å². The highest BCUT2D eigenvalue weighted by Crippen LogP contribution is 2.35. The second-order valence-electron chi connectivity index (χ2n) is 6.71. The van der Waals surface area contributed by atoms with Crippen LogP contribution < -0.4 is 24.3 Å². The lowest BCUT2D eigenvalue weighted by atomic mass is 9.94. The lowest BCUT2D eigenvalue weighted by Crippen LogP contribution is -2.17. The van der Waals surface area contributed by atoms with E-state index in [-0.39, 0.29) is 17.0 Å². The molecule has 2 aromatic rings. The summed E-state index contributed by atoms with van der Waals surface area (Å²) in [5.74, 6) is -2.88. The van der Waals surface area contributed by atoms with Gasteiger partial charge in [0.2, 0.25) is 5.91 Å².